The second kappa shape index (κ2) is 6.40. The van der Waals surface area contributed by atoms with Crippen LogP contribution in [0.2, 0.25) is 5.02 Å². The molecule has 0 saturated heterocycles. The molecule has 0 aliphatic carbocycles. The number of nitro groups is 1. The van der Waals surface area contributed by atoms with E-state index in [4.69, 9.17) is 16.9 Å². The Morgan fingerprint density at radius 3 is 2.60 bits per heavy atom. The number of benzene rings is 1. The van der Waals surface area contributed by atoms with E-state index in [9.17, 15) is 28.1 Å². The fourth-order valence-electron chi connectivity index (χ4n) is 1.95. The zero-order valence-electron chi connectivity index (χ0n) is 12.3. The minimum Gasteiger partial charge on any atom is -0.319 e. The summed E-state index contributed by atoms with van der Waals surface area (Å²) in [7, 11) is 1.09. The average molecular weight is 374 g/mol. The van der Waals surface area contributed by atoms with Gasteiger partial charge in [0, 0.05) is 19.2 Å². The highest BCUT2D eigenvalue weighted by molar-refractivity contribution is 6.34. The van der Waals surface area contributed by atoms with E-state index >= 15 is 0 Å². The number of alkyl halides is 3. The van der Waals surface area contributed by atoms with Crippen molar-refractivity contribution in [3.63, 3.8) is 0 Å². The van der Waals surface area contributed by atoms with Gasteiger partial charge in [-0.1, -0.05) is 11.6 Å². The molecule has 130 valence electrons. The lowest BCUT2D eigenvalue weighted by molar-refractivity contribution is -0.384. The van der Waals surface area contributed by atoms with Crippen molar-refractivity contribution >= 4 is 28.9 Å². The van der Waals surface area contributed by atoms with E-state index in [2.05, 4.69) is 10.4 Å². The van der Waals surface area contributed by atoms with E-state index in [-0.39, 0.29) is 16.9 Å². The molecule has 1 aromatic carbocycles. The molecular weight excluding hydrogens is 367 g/mol. The Balaban J connectivity index is 2.40. The van der Waals surface area contributed by atoms with Crippen LogP contribution in [-0.4, -0.2) is 20.6 Å². The van der Waals surface area contributed by atoms with Gasteiger partial charge in [0.15, 0.2) is 5.69 Å². The second-order valence-corrected chi connectivity index (χ2v) is 5.06. The highest BCUT2D eigenvalue weighted by Crippen LogP contribution is 2.35. The molecule has 0 atom stereocenters. The summed E-state index contributed by atoms with van der Waals surface area (Å²) in [5, 5.41) is 24.2. The lowest BCUT2D eigenvalue weighted by Gasteiger charge is -2.07. The second-order valence-electron chi connectivity index (χ2n) is 4.69. The summed E-state index contributed by atoms with van der Waals surface area (Å²) < 4.78 is 39.0. The van der Waals surface area contributed by atoms with Crippen molar-refractivity contribution < 1.29 is 22.9 Å². The predicted molar refractivity (Wildman–Crippen MR) is 79.0 cm³/mol. The van der Waals surface area contributed by atoms with Crippen molar-refractivity contribution in [2.24, 2.45) is 7.05 Å². The van der Waals surface area contributed by atoms with E-state index in [1.54, 1.807) is 6.07 Å². The highest BCUT2D eigenvalue weighted by Gasteiger charge is 2.39. The van der Waals surface area contributed by atoms with Crippen molar-refractivity contribution in [2.75, 3.05) is 5.32 Å². The minimum absolute atomic E-state index is 0.121. The Labute approximate surface area is 142 Å². The largest absolute Gasteiger partial charge is 0.436 e. The van der Waals surface area contributed by atoms with E-state index in [0.717, 1.165) is 25.2 Å². The standard InChI is InChI=1S/C13H7ClF3N5O3/c1-21-10(9(14)11(20-21)13(15,16)17)12(23)19-8-3-2-7(22(24)25)4-6(8)5-18/h2-4H,1H3,(H,19,23). The molecule has 0 spiro atoms. The number of hydrogen-bond donors (Lipinski definition) is 1. The van der Waals surface area contributed by atoms with Crippen LogP contribution in [0.25, 0.3) is 0 Å². The molecule has 12 heteroatoms. The summed E-state index contributed by atoms with van der Waals surface area (Å²) in [5.41, 5.74) is -2.74. The number of nitrogens with zero attached hydrogens (tertiary/aromatic N) is 4. The van der Waals surface area contributed by atoms with Gasteiger partial charge >= 0.3 is 6.18 Å². The van der Waals surface area contributed by atoms with E-state index in [1.807, 2.05) is 0 Å². The fraction of sp³-hybridized carbons (Fsp3) is 0.154. The molecule has 1 N–H and O–H groups in total. The number of hydrogen-bond acceptors (Lipinski definition) is 5. The molecule has 0 aliphatic rings. The molecule has 0 aliphatic heterocycles. The van der Waals surface area contributed by atoms with Crippen LogP contribution in [0, 0.1) is 21.4 Å². The number of halogens is 4. The molecule has 8 nitrogen and oxygen atoms in total. The van der Waals surface area contributed by atoms with Crippen LogP contribution in [0.5, 0.6) is 0 Å². The van der Waals surface area contributed by atoms with Crippen molar-refractivity contribution in [1.82, 2.24) is 9.78 Å². The van der Waals surface area contributed by atoms with Gasteiger partial charge < -0.3 is 5.32 Å². The Hall–Kier alpha value is -3.13. The zero-order chi connectivity index (χ0) is 18.9. The molecule has 1 aromatic heterocycles. The Kier molecular flexibility index (Phi) is 4.67. The van der Waals surface area contributed by atoms with E-state index in [1.165, 1.54) is 0 Å². The van der Waals surface area contributed by atoms with Gasteiger partial charge in [0.1, 0.15) is 16.8 Å². The van der Waals surface area contributed by atoms with Crippen LogP contribution in [-0.2, 0) is 13.2 Å². The maximum Gasteiger partial charge on any atom is 0.436 e. The van der Waals surface area contributed by atoms with Gasteiger partial charge in [-0.2, -0.15) is 23.5 Å². The first kappa shape index (κ1) is 18.2. The molecule has 1 amide bonds. The van der Waals surface area contributed by atoms with Crippen molar-refractivity contribution in [3.05, 3.63) is 50.3 Å². The van der Waals surface area contributed by atoms with Gasteiger partial charge in [-0.3, -0.25) is 19.6 Å². The first-order valence-corrected chi connectivity index (χ1v) is 6.73. The number of nitriles is 1. The molecule has 0 saturated carbocycles. The number of non-ortho nitro benzene ring substituents is 1. The Morgan fingerprint density at radius 2 is 2.12 bits per heavy atom. The number of aromatic nitrogens is 2. The smallest absolute Gasteiger partial charge is 0.319 e. The third-order valence-corrected chi connectivity index (χ3v) is 3.41. The van der Waals surface area contributed by atoms with Gasteiger partial charge in [-0.05, 0) is 6.07 Å². The maximum absolute atomic E-state index is 12.8. The molecule has 2 aromatic rings. The summed E-state index contributed by atoms with van der Waals surface area (Å²) in [6, 6.07) is 4.69. The third-order valence-electron chi connectivity index (χ3n) is 3.06. The van der Waals surface area contributed by atoms with Gasteiger partial charge in [-0.15, -0.1) is 0 Å². The fourth-order valence-corrected chi connectivity index (χ4v) is 2.31. The van der Waals surface area contributed by atoms with E-state index < -0.39 is 33.4 Å². The van der Waals surface area contributed by atoms with Crippen LogP contribution < -0.4 is 5.32 Å². The van der Waals surface area contributed by atoms with Crippen LogP contribution in [0.4, 0.5) is 24.5 Å². The monoisotopic (exact) mass is 373 g/mol. The highest BCUT2D eigenvalue weighted by atomic mass is 35.5. The molecule has 25 heavy (non-hydrogen) atoms. The van der Waals surface area contributed by atoms with Gasteiger partial charge in [0.2, 0.25) is 0 Å². The van der Waals surface area contributed by atoms with Crippen LogP contribution in [0.3, 0.4) is 0 Å². The molecule has 0 radical (unpaired) electrons. The lowest BCUT2D eigenvalue weighted by Crippen LogP contribution is -2.17. The Bertz CT molecular complexity index is 917. The number of amides is 1. The first-order valence-electron chi connectivity index (χ1n) is 6.35. The molecule has 0 bridgehead atoms. The van der Waals surface area contributed by atoms with Crippen molar-refractivity contribution in [3.8, 4) is 6.07 Å². The zero-order valence-corrected chi connectivity index (χ0v) is 13.0. The van der Waals surface area contributed by atoms with E-state index in [0.29, 0.717) is 4.68 Å². The normalized spacial score (nSPS) is 11.0. The van der Waals surface area contributed by atoms with Gasteiger partial charge in [0.05, 0.1) is 16.2 Å². The van der Waals surface area contributed by atoms with Crippen molar-refractivity contribution in [1.29, 1.82) is 5.26 Å². The van der Waals surface area contributed by atoms with Gasteiger partial charge in [0.25, 0.3) is 11.6 Å². The first-order chi connectivity index (χ1) is 11.6. The number of nitro benzene ring substituents is 1. The summed E-state index contributed by atoms with van der Waals surface area (Å²) in [6.45, 7) is 0. The number of aryl methyl sites for hydroxylation is 1. The molecule has 0 unspecified atom stereocenters. The topological polar surface area (TPSA) is 114 Å². The summed E-state index contributed by atoms with van der Waals surface area (Å²) in [6.07, 6.45) is -4.85. The SMILES string of the molecule is Cn1nc(C(F)(F)F)c(Cl)c1C(=O)Nc1ccc([N+](=O)[O-])cc1C#N. The molecule has 0 fully saturated rings. The number of rotatable bonds is 3. The van der Waals surface area contributed by atoms with Crippen LogP contribution in [0.15, 0.2) is 18.2 Å². The third kappa shape index (κ3) is 3.53. The van der Waals surface area contributed by atoms with Gasteiger partial charge in [-0.25, -0.2) is 0 Å². The lowest BCUT2D eigenvalue weighted by atomic mass is 10.1. The molecular formula is C13H7ClF3N5O3. The average Bonchev–Trinajstić information content (AvgIpc) is 2.82. The quantitative estimate of drug-likeness (QED) is 0.655. The van der Waals surface area contributed by atoms with Crippen LogP contribution >= 0.6 is 11.6 Å². The Morgan fingerprint density at radius 1 is 1.48 bits per heavy atom. The minimum atomic E-state index is -4.85. The number of nitrogens with one attached hydrogen (secondary N) is 1. The molecule has 2 rings (SSSR count). The number of carbonyl (C=O) groups is 1. The number of carbonyl (C=O) groups excluding carboxylic acids is 1. The van der Waals surface area contributed by atoms with Crippen LogP contribution in [0.1, 0.15) is 21.7 Å². The van der Waals surface area contributed by atoms with Crippen molar-refractivity contribution in [2.45, 2.75) is 6.18 Å². The maximum atomic E-state index is 12.8. The predicted octanol–water partition coefficient (Wildman–Crippen LogP) is 3.12. The summed E-state index contributed by atoms with van der Waals surface area (Å²) in [4.78, 5) is 22.2. The summed E-state index contributed by atoms with van der Waals surface area (Å²) >= 11 is 5.60. The summed E-state index contributed by atoms with van der Waals surface area (Å²) in [5.74, 6) is -1.05. The molecule has 1 heterocycles. The number of anilines is 1.